The molecule has 8 nitrogen and oxygen atoms in total. The van der Waals surface area contributed by atoms with Crippen LogP contribution in [0.5, 0.6) is 5.75 Å². The van der Waals surface area contributed by atoms with Crippen molar-refractivity contribution in [3.63, 3.8) is 0 Å². The van der Waals surface area contributed by atoms with E-state index in [2.05, 4.69) is 26.1 Å². The molecule has 4 rings (SSSR count). The predicted molar refractivity (Wildman–Crippen MR) is 106 cm³/mol. The van der Waals surface area contributed by atoms with Gasteiger partial charge in [0.05, 0.1) is 23.0 Å². The third-order valence-corrected chi connectivity index (χ3v) is 7.65. The second-order valence-corrected chi connectivity index (χ2v) is 9.68. The standard InChI is InChI=1S/C17H16BrN3O5S2/c18-12-9-15(27-11-12)17-19-16(26-20-17)10-25-13-1-3-14(4-2-13)28(22,23)21-5-7-24-8-6-21/h1-4,9,11H,5-8,10H2. The molecule has 0 spiro atoms. The van der Waals surface area contributed by atoms with Crippen molar-refractivity contribution in [2.45, 2.75) is 11.5 Å². The van der Waals surface area contributed by atoms with Crippen molar-refractivity contribution in [2.75, 3.05) is 26.3 Å². The van der Waals surface area contributed by atoms with Gasteiger partial charge in [-0.05, 0) is 46.3 Å². The first kappa shape index (κ1) is 19.5. The van der Waals surface area contributed by atoms with E-state index >= 15 is 0 Å². The van der Waals surface area contributed by atoms with Crippen LogP contribution in [0.15, 0.2) is 49.6 Å². The lowest BCUT2D eigenvalue weighted by Crippen LogP contribution is -2.40. The molecule has 1 aliphatic rings. The zero-order valence-corrected chi connectivity index (χ0v) is 17.8. The minimum absolute atomic E-state index is 0.0924. The Hall–Kier alpha value is -1.79. The maximum atomic E-state index is 12.6. The van der Waals surface area contributed by atoms with Crippen LogP contribution in [0.1, 0.15) is 5.89 Å². The van der Waals surface area contributed by atoms with Gasteiger partial charge in [0, 0.05) is 22.9 Å². The summed E-state index contributed by atoms with van der Waals surface area (Å²) in [4.78, 5) is 5.41. The van der Waals surface area contributed by atoms with Gasteiger partial charge in [-0.1, -0.05) is 5.16 Å². The van der Waals surface area contributed by atoms with Crippen LogP contribution in [0.2, 0.25) is 0 Å². The first-order valence-corrected chi connectivity index (χ1v) is 11.5. The summed E-state index contributed by atoms with van der Waals surface area (Å²) in [6.07, 6.45) is 0. The monoisotopic (exact) mass is 485 g/mol. The van der Waals surface area contributed by atoms with Gasteiger partial charge in [0.1, 0.15) is 5.75 Å². The van der Waals surface area contributed by atoms with Gasteiger partial charge in [-0.2, -0.15) is 9.29 Å². The van der Waals surface area contributed by atoms with Crippen LogP contribution in [-0.4, -0.2) is 49.2 Å². The van der Waals surface area contributed by atoms with Crippen molar-refractivity contribution in [3.8, 4) is 16.5 Å². The second-order valence-electron chi connectivity index (χ2n) is 5.92. The molecule has 3 aromatic rings. The van der Waals surface area contributed by atoms with E-state index in [-0.39, 0.29) is 11.5 Å². The third kappa shape index (κ3) is 4.28. The van der Waals surface area contributed by atoms with Crippen molar-refractivity contribution in [1.29, 1.82) is 0 Å². The summed E-state index contributed by atoms with van der Waals surface area (Å²) >= 11 is 4.89. The molecule has 0 unspecified atom stereocenters. The van der Waals surface area contributed by atoms with E-state index in [1.165, 1.54) is 27.8 Å². The van der Waals surface area contributed by atoms with Crippen LogP contribution >= 0.6 is 27.3 Å². The van der Waals surface area contributed by atoms with Crippen LogP contribution in [0.25, 0.3) is 10.7 Å². The summed E-state index contributed by atoms with van der Waals surface area (Å²) in [7, 11) is -3.52. The number of halogens is 1. The van der Waals surface area contributed by atoms with E-state index in [1.54, 1.807) is 12.1 Å². The molecule has 3 heterocycles. The van der Waals surface area contributed by atoms with E-state index in [4.69, 9.17) is 14.0 Å². The lowest BCUT2D eigenvalue weighted by molar-refractivity contribution is 0.0730. The third-order valence-electron chi connectivity index (χ3n) is 4.05. The van der Waals surface area contributed by atoms with Gasteiger partial charge < -0.3 is 14.0 Å². The lowest BCUT2D eigenvalue weighted by Gasteiger charge is -2.26. The largest absolute Gasteiger partial charge is 0.484 e. The second kappa shape index (κ2) is 8.29. The Morgan fingerprint density at radius 2 is 1.96 bits per heavy atom. The van der Waals surface area contributed by atoms with Crippen LogP contribution in [0.4, 0.5) is 0 Å². The number of aromatic nitrogens is 2. The Morgan fingerprint density at radius 1 is 1.21 bits per heavy atom. The fourth-order valence-corrected chi connectivity index (χ4v) is 5.39. The van der Waals surface area contributed by atoms with Crippen LogP contribution in [-0.2, 0) is 21.4 Å². The summed E-state index contributed by atoms with van der Waals surface area (Å²) < 4.78 is 43.6. The summed E-state index contributed by atoms with van der Waals surface area (Å²) in [5.74, 6) is 1.35. The number of sulfonamides is 1. The Morgan fingerprint density at radius 3 is 2.64 bits per heavy atom. The molecule has 1 aromatic carbocycles. The molecule has 0 saturated carbocycles. The molecular formula is C17H16BrN3O5S2. The minimum Gasteiger partial charge on any atom is -0.484 e. The molecule has 1 saturated heterocycles. The van der Waals surface area contributed by atoms with E-state index in [0.29, 0.717) is 43.8 Å². The average molecular weight is 486 g/mol. The molecule has 28 heavy (non-hydrogen) atoms. The van der Waals surface area contributed by atoms with Crippen molar-refractivity contribution >= 4 is 37.3 Å². The molecule has 2 aromatic heterocycles. The maximum absolute atomic E-state index is 12.6. The number of rotatable bonds is 6. The quantitative estimate of drug-likeness (QED) is 0.528. The van der Waals surface area contributed by atoms with Crippen molar-refractivity contribution < 1.29 is 22.4 Å². The van der Waals surface area contributed by atoms with E-state index in [9.17, 15) is 8.42 Å². The Bertz CT molecular complexity index is 1040. The number of hydrogen-bond donors (Lipinski definition) is 0. The fraction of sp³-hybridized carbons (Fsp3) is 0.294. The molecule has 0 bridgehead atoms. The van der Waals surface area contributed by atoms with Gasteiger partial charge in [-0.15, -0.1) is 11.3 Å². The summed E-state index contributed by atoms with van der Waals surface area (Å²) in [6, 6.07) is 8.20. The van der Waals surface area contributed by atoms with Crippen molar-refractivity contribution in [3.05, 3.63) is 46.1 Å². The zero-order valence-electron chi connectivity index (χ0n) is 14.6. The van der Waals surface area contributed by atoms with Gasteiger partial charge in [0.15, 0.2) is 6.61 Å². The molecule has 1 aliphatic heterocycles. The van der Waals surface area contributed by atoms with Crippen LogP contribution in [0, 0.1) is 0 Å². The highest BCUT2D eigenvalue weighted by Crippen LogP contribution is 2.28. The molecule has 0 atom stereocenters. The van der Waals surface area contributed by atoms with Crippen molar-refractivity contribution in [1.82, 2.24) is 14.4 Å². The van der Waals surface area contributed by atoms with Crippen LogP contribution < -0.4 is 4.74 Å². The Balaban J connectivity index is 1.39. The number of nitrogens with zero attached hydrogens (tertiary/aromatic N) is 3. The number of benzene rings is 1. The molecule has 0 aliphatic carbocycles. The molecule has 11 heteroatoms. The first-order chi connectivity index (χ1) is 13.5. The summed E-state index contributed by atoms with van der Waals surface area (Å²) in [5.41, 5.74) is 0. The minimum atomic E-state index is -3.52. The predicted octanol–water partition coefficient (Wildman–Crippen LogP) is 3.16. The Labute approximate surface area is 174 Å². The SMILES string of the molecule is O=S(=O)(c1ccc(OCc2nc(-c3cc(Br)cs3)no2)cc1)N1CCOCC1. The highest BCUT2D eigenvalue weighted by Gasteiger charge is 2.26. The van der Waals surface area contributed by atoms with Gasteiger partial charge in [0.2, 0.25) is 15.8 Å². The number of ether oxygens (including phenoxy) is 2. The summed E-state index contributed by atoms with van der Waals surface area (Å²) in [5, 5.41) is 5.88. The van der Waals surface area contributed by atoms with Gasteiger partial charge in [-0.25, -0.2) is 8.42 Å². The van der Waals surface area contributed by atoms with E-state index in [1.807, 2.05) is 11.4 Å². The molecular weight excluding hydrogens is 470 g/mol. The fourth-order valence-electron chi connectivity index (χ4n) is 2.63. The van der Waals surface area contributed by atoms with Gasteiger partial charge in [-0.3, -0.25) is 0 Å². The molecule has 0 N–H and O–H groups in total. The molecule has 0 radical (unpaired) electrons. The van der Waals surface area contributed by atoms with E-state index < -0.39 is 10.0 Å². The highest BCUT2D eigenvalue weighted by atomic mass is 79.9. The number of hydrogen-bond acceptors (Lipinski definition) is 8. The van der Waals surface area contributed by atoms with Crippen LogP contribution in [0.3, 0.4) is 0 Å². The average Bonchev–Trinajstić information content (AvgIpc) is 3.36. The number of thiophene rings is 1. The maximum Gasteiger partial charge on any atom is 0.264 e. The zero-order chi connectivity index (χ0) is 19.6. The lowest BCUT2D eigenvalue weighted by atomic mass is 10.3. The topological polar surface area (TPSA) is 94.8 Å². The highest BCUT2D eigenvalue weighted by molar-refractivity contribution is 9.10. The first-order valence-electron chi connectivity index (χ1n) is 8.40. The van der Waals surface area contributed by atoms with Gasteiger partial charge >= 0.3 is 0 Å². The van der Waals surface area contributed by atoms with Gasteiger partial charge in [0.25, 0.3) is 5.89 Å². The smallest absolute Gasteiger partial charge is 0.264 e. The van der Waals surface area contributed by atoms with E-state index in [0.717, 1.165) is 9.35 Å². The Kier molecular flexibility index (Phi) is 5.78. The van der Waals surface area contributed by atoms with Crippen molar-refractivity contribution in [2.24, 2.45) is 0 Å². The molecule has 0 amide bonds. The normalized spacial score (nSPS) is 15.6. The summed E-state index contributed by atoms with van der Waals surface area (Å²) in [6.45, 7) is 1.64. The molecule has 1 fully saturated rings. The molecule has 148 valence electrons. The number of morpholine rings is 1.